The lowest BCUT2D eigenvalue weighted by Gasteiger charge is -2.20. The Kier molecular flexibility index (Phi) is 5.78. The average molecular weight is 274 g/mol. The summed E-state index contributed by atoms with van der Waals surface area (Å²) in [5.74, 6) is 0. The van der Waals surface area contributed by atoms with Crippen LogP contribution in [0.2, 0.25) is 10.0 Å². The van der Waals surface area contributed by atoms with Gasteiger partial charge in [-0.15, -0.1) is 0 Å². The second-order valence-electron chi connectivity index (χ2n) is 5.35. The first-order chi connectivity index (χ1) is 7.90. The molecule has 0 spiro atoms. The Balaban J connectivity index is 2.29. The zero-order chi connectivity index (χ0) is 12.9. The van der Waals surface area contributed by atoms with Crippen LogP contribution in [0.25, 0.3) is 0 Å². The van der Waals surface area contributed by atoms with E-state index >= 15 is 0 Å². The predicted molar refractivity (Wildman–Crippen MR) is 77.2 cm³/mol. The van der Waals surface area contributed by atoms with E-state index < -0.39 is 0 Å². The molecule has 0 saturated heterocycles. The predicted octanol–water partition coefficient (Wildman–Crippen LogP) is 4.70. The van der Waals surface area contributed by atoms with E-state index in [1.165, 1.54) is 0 Å². The standard InChI is InChI=1S/C14H21Cl2N/c1-14(2,3)17-10-5-4-7-11-8-6-9-12(15)13(11)16/h6,8-9,17H,4-5,7,10H2,1-3H3. The maximum atomic E-state index is 6.13. The Hall–Kier alpha value is -0.240. The monoisotopic (exact) mass is 273 g/mol. The van der Waals surface area contributed by atoms with Gasteiger partial charge in [0.2, 0.25) is 0 Å². The molecule has 1 N–H and O–H groups in total. The average Bonchev–Trinajstić information content (AvgIpc) is 2.22. The molecule has 0 aliphatic heterocycles. The van der Waals surface area contributed by atoms with E-state index in [1.54, 1.807) is 0 Å². The van der Waals surface area contributed by atoms with E-state index in [2.05, 4.69) is 26.1 Å². The van der Waals surface area contributed by atoms with E-state index in [0.29, 0.717) is 10.0 Å². The van der Waals surface area contributed by atoms with E-state index in [9.17, 15) is 0 Å². The lowest BCUT2D eigenvalue weighted by Crippen LogP contribution is -2.36. The molecule has 0 radical (unpaired) electrons. The van der Waals surface area contributed by atoms with Gasteiger partial charge in [0, 0.05) is 5.54 Å². The molecule has 3 heteroatoms. The highest BCUT2D eigenvalue weighted by Gasteiger charge is 2.07. The van der Waals surface area contributed by atoms with E-state index in [-0.39, 0.29) is 5.54 Å². The molecule has 0 aliphatic rings. The molecular formula is C14H21Cl2N. The molecule has 17 heavy (non-hydrogen) atoms. The molecule has 0 amide bonds. The highest BCUT2D eigenvalue weighted by Crippen LogP contribution is 2.26. The Morgan fingerprint density at radius 2 is 1.82 bits per heavy atom. The Morgan fingerprint density at radius 3 is 2.47 bits per heavy atom. The van der Waals surface area contributed by atoms with Gasteiger partial charge in [-0.3, -0.25) is 0 Å². The molecule has 0 fully saturated rings. The van der Waals surface area contributed by atoms with Gasteiger partial charge < -0.3 is 5.32 Å². The molecular weight excluding hydrogens is 253 g/mol. The molecule has 1 aromatic carbocycles. The van der Waals surface area contributed by atoms with Crippen molar-refractivity contribution in [1.29, 1.82) is 0 Å². The van der Waals surface area contributed by atoms with Gasteiger partial charge in [0.05, 0.1) is 10.0 Å². The van der Waals surface area contributed by atoms with Crippen molar-refractivity contribution in [2.45, 2.75) is 45.6 Å². The summed E-state index contributed by atoms with van der Waals surface area (Å²) < 4.78 is 0. The van der Waals surface area contributed by atoms with E-state index in [1.807, 2.05) is 18.2 Å². The Morgan fingerprint density at radius 1 is 1.12 bits per heavy atom. The molecule has 0 aliphatic carbocycles. The van der Waals surface area contributed by atoms with Crippen molar-refractivity contribution in [3.63, 3.8) is 0 Å². The van der Waals surface area contributed by atoms with Gasteiger partial charge in [0.25, 0.3) is 0 Å². The SMILES string of the molecule is CC(C)(C)NCCCCc1cccc(Cl)c1Cl. The van der Waals surface area contributed by atoms with Crippen LogP contribution < -0.4 is 5.32 Å². The minimum Gasteiger partial charge on any atom is -0.312 e. The summed E-state index contributed by atoms with van der Waals surface area (Å²) in [7, 11) is 0. The number of aryl methyl sites for hydroxylation is 1. The molecule has 1 rings (SSSR count). The third-order valence-electron chi connectivity index (χ3n) is 2.56. The summed E-state index contributed by atoms with van der Waals surface area (Å²) in [6.45, 7) is 7.59. The van der Waals surface area contributed by atoms with Gasteiger partial charge in [-0.25, -0.2) is 0 Å². The topological polar surface area (TPSA) is 12.0 Å². The van der Waals surface area contributed by atoms with Crippen molar-refractivity contribution in [1.82, 2.24) is 5.32 Å². The molecule has 0 atom stereocenters. The largest absolute Gasteiger partial charge is 0.312 e. The number of rotatable bonds is 5. The quantitative estimate of drug-likeness (QED) is 0.767. The highest BCUT2D eigenvalue weighted by atomic mass is 35.5. The zero-order valence-corrected chi connectivity index (χ0v) is 12.3. The fourth-order valence-electron chi connectivity index (χ4n) is 1.65. The summed E-state index contributed by atoms with van der Waals surface area (Å²) >= 11 is 12.1. The van der Waals surface area contributed by atoms with Crippen LogP contribution in [0.1, 0.15) is 39.2 Å². The second kappa shape index (κ2) is 6.63. The number of hydrogen-bond donors (Lipinski definition) is 1. The molecule has 1 nitrogen and oxygen atoms in total. The Labute approximate surface area is 115 Å². The van der Waals surface area contributed by atoms with Gasteiger partial charge in [-0.1, -0.05) is 35.3 Å². The van der Waals surface area contributed by atoms with Gasteiger partial charge in [-0.2, -0.15) is 0 Å². The first-order valence-corrected chi connectivity index (χ1v) is 6.84. The number of hydrogen-bond acceptors (Lipinski definition) is 1. The molecule has 0 saturated carbocycles. The number of nitrogens with one attached hydrogen (secondary N) is 1. The van der Waals surface area contributed by atoms with Crippen molar-refractivity contribution >= 4 is 23.2 Å². The van der Waals surface area contributed by atoms with Gasteiger partial charge in [-0.05, 0) is 58.2 Å². The maximum Gasteiger partial charge on any atom is 0.0624 e. The lowest BCUT2D eigenvalue weighted by molar-refractivity contribution is 0.419. The minimum absolute atomic E-state index is 0.202. The van der Waals surface area contributed by atoms with Crippen LogP contribution in [-0.4, -0.2) is 12.1 Å². The third kappa shape index (κ3) is 5.76. The first-order valence-electron chi connectivity index (χ1n) is 6.08. The van der Waals surface area contributed by atoms with Crippen LogP contribution in [0, 0.1) is 0 Å². The zero-order valence-electron chi connectivity index (χ0n) is 10.8. The van der Waals surface area contributed by atoms with Crippen molar-refractivity contribution in [2.24, 2.45) is 0 Å². The number of halogens is 2. The van der Waals surface area contributed by atoms with Crippen LogP contribution >= 0.6 is 23.2 Å². The molecule has 0 aromatic heterocycles. The van der Waals surface area contributed by atoms with E-state index in [4.69, 9.17) is 23.2 Å². The minimum atomic E-state index is 0.202. The second-order valence-corrected chi connectivity index (χ2v) is 6.13. The van der Waals surface area contributed by atoms with Crippen molar-refractivity contribution in [2.75, 3.05) is 6.54 Å². The van der Waals surface area contributed by atoms with Crippen molar-refractivity contribution in [3.05, 3.63) is 33.8 Å². The van der Waals surface area contributed by atoms with Gasteiger partial charge in [0.15, 0.2) is 0 Å². The molecule has 1 aromatic rings. The molecule has 0 bridgehead atoms. The summed E-state index contributed by atoms with van der Waals surface area (Å²) in [6.07, 6.45) is 3.27. The smallest absolute Gasteiger partial charge is 0.0624 e. The summed E-state index contributed by atoms with van der Waals surface area (Å²) in [4.78, 5) is 0. The van der Waals surface area contributed by atoms with Crippen LogP contribution in [-0.2, 0) is 6.42 Å². The number of unbranched alkanes of at least 4 members (excludes halogenated alkanes) is 1. The first kappa shape index (κ1) is 14.8. The van der Waals surface area contributed by atoms with E-state index in [0.717, 1.165) is 31.4 Å². The summed E-state index contributed by atoms with van der Waals surface area (Å²) in [5.41, 5.74) is 1.35. The maximum absolute atomic E-state index is 6.13. The number of benzene rings is 1. The normalized spacial score (nSPS) is 11.8. The van der Waals surface area contributed by atoms with Crippen molar-refractivity contribution in [3.8, 4) is 0 Å². The van der Waals surface area contributed by atoms with Crippen LogP contribution in [0.5, 0.6) is 0 Å². The summed E-state index contributed by atoms with van der Waals surface area (Å²) in [5, 5.41) is 4.83. The van der Waals surface area contributed by atoms with Crippen LogP contribution in [0.15, 0.2) is 18.2 Å². The van der Waals surface area contributed by atoms with Crippen LogP contribution in [0.3, 0.4) is 0 Å². The van der Waals surface area contributed by atoms with Gasteiger partial charge in [0.1, 0.15) is 0 Å². The van der Waals surface area contributed by atoms with Crippen molar-refractivity contribution < 1.29 is 0 Å². The molecule has 96 valence electrons. The highest BCUT2D eigenvalue weighted by molar-refractivity contribution is 6.42. The Bertz CT molecular complexity index is 356. The molecule has 0 unspecified atom stereocenters. The molecule has 0 heterocycles. The third-order valence-corrected chi connectivity index (χ3v) is 3.42. The fourth-order valence-corrected chi connectivity index (χ4v) is 2.06. The lowest BCUT2D eigenvalue weighted by atomic mass is 10.1. The fraction of sp³-hybridized carbons (Fsp3) is 0.571. The van der Waals surface area contributed by atoms with Crippen LogP contribution in [0.4, 0.5) is 0 Å². The van der Waals surface area contributed by atoms with Gasteiger partial charge >= 0.3 is 0 Å². The summed E-state index contributed by atoms with van der Waals surface area (Å²) in [6, 6.07) is 5.83.